The number of hydrogen-bond acceptors (Lipinski definition) is 4. The fourth-order valence-corrected chi connectivity index (χ4v) is 1.01. The standard InChI is InChI=1S/C5H4N4O4/c10-3-1-2(7-4(11)6-1)9(13)5(12)8-3/h13H,(H2,6,7,11)(H,8,10,12). The van der Waals surface area contributed by atoms with Gasteiger partial charge in [0.1, 0.15) is 0 Å². The Morgan fingerprint density at radius 3 is 2.46 bits per heavy atom. The molecule has 0 radical (unpaired) electrons. The van der Waals surface area contributed by atoms with Crippen LogP contribution in [-0.2, 0) is 0 Å². The molecule has 0 aliphatic heterocycles. The van der Waals surface area contributed by atoms with Crippen LogP contribution in [0.5, 0.6) is 0 Å². The molecule has 2 rings (SSSR count). The van der Waals surface area contributed by atoms with Gasteiger partial charge in [-0.25, -0.2) is 9.59 Å². The van der Waals surface area contributed by atoms with E-state index in [1.165, 1.54) is 0 Å². The molecule has 0 aliphatic rings. The van der Waals surface area contributed by atoms with Crippen LogP contribution >= 0.6 is 0 Å². The summed E-state index contributed by atoms with van der Waals surface area (Å²) in [5, 5.41) is 9.04. The second-order valence-electron chi connectivity index (χ2n) is 2.37. The Bertz CT molecular complexity index is 626. The van der Waals surface area contributed by atoms with Crippen molar-refractivity contribution in [1.82, 2.24) is 19.7 Å². The molecule has 8 nitrogen and oxygen atoms in total. The molecule has 8 heteroatoms. The summed E-state index contributed by atoms with van der Waals surface area (Å²) < 4.78 is 0.147. The maximum Gasteiger partial charge on any atom is 0.363 e. The quantitative estimate of drug-likeness (QED) is 0.351. The topological polar surface area (TPSA) is 124 Å². The normalized spacial score (nSPS) is 10.8. The van der Waals surface area contributed by atoms with E-state index < -0.39 is 16.9 Å². The van der Waals surface area contributed by atoms with Crippen LogP contribution in [0.2, 0.25) is 0 Å². The highest BCUT2D eigenvalue weighted by Gasteiger charge is 2.08. The zero-order valence-corrected chi connectivity index (χ0v) is 6.12. The Balaban J connectivity index is 3.23. The summed E-state index contributed by atoms with van der Waals surface area (Å²) in [5.41, 5.74) is -2.86. The molecule has 68 valence electrons. The van der Waals surface area contributed by atoms with Gasteiger partial charge in [0.15, 0.2) is 11.2 Å². The number of imidazole rings is 1. The lowest BCUT2D eigenvalue weighted by Crippen LogP contribution is -2.28. The van der Waals surface area contributed by atoms with Crippen molar-refractivity contribution in [1.29, 1.82) is 0 Å². The molecular formula is C5H4N4O4. The van der Waals surface area contributed by atoms with Crippen molar-refractivity contribution in [2.45, 2.75) is 0 Å². The third-order valence-electron chi connectivity index (χ3n) is 1.56. The summed E-state index contributed by atoms with van der Waals surface area (Å²) >= 11 is 0. The predicted octanol–water partition coefficient (Wildman–Crippen LogP) is -2.06. The molecule has 0 bridgehead atoms. The van der Waals surface area contributed by atoms with E-state index in [4.69, 9.17) is 5.21 Å². The molecular weight excluding hydrogens is 180 g/mol. The van der Waals surface area contributed by atoms with Crippen molar-refractivity contribution in [3.05, 3.63) is 31.3 Å². The number of aromatic amines is 3. The predicted molar refractivity (Wildman–Crippen MR) is 41.0 cm³/mol. The van der Waals surface area contributed by atoms with Crippen LogP contribution in [0, 0.1) is 0 Å². The maximum atomic E-state index is 11.0. The van der Waals surface area contributed by atoms with Gasteiger partial charge in [0, 0.05) is 0 Å². The van der Waals surface area contributed by atoms with E-state index in [-0.39, 0.29) is 15.9 Å². The minimum Gasteiger partial charge on any atom is -0.422 e. The van der Waals surface area contributed by atoms with Gasteiger partial charge in [-0.15, -0.1) is 4.73 Å². The average Bonchev–Trinajstić information content (AvgIpc) is 2.44. The van der Waals surface area contributed by atoms with Crippen molar-refractivity contribution >= 4 is 11.2 Å². The Labute approximate surface area is 68.4 Å². The van der Waals surface area contributed by atoms with Gasteiger partial charge < -0.3 is 5.21 Å². The Morgan fingerprint density at radius 2 is 1.77 bits per heavy atom. The van der Waals surface area contributed by atoms with E-state index in [1.54, 1.807) is 4.98 Å². The zero-order valence-electron chi connectivity index (χ0n) is 6.12. The Hall–Kier alpha value is -2.25. The summed E-state index contributed by atoms with van der Waals surface area (Å²) in [5.74, 6) is 0. The van der Waals surface area contributed by atoms with Gasteiger partial charge in [0.05, 0.1) is 0 Å². The average molecular weight is 184 g/mol. The van der Waals surface area contributed by atoms with Crippen molar-refractivity contribution in [3.8, 4) is 0 Å². The molecule has 4 N–H and O–H groups in total. The van der Waals surface area contributed by atoms with Crippen LogP contribution < -0.4 is 16.9 Å². The van der Waals surface area contributed by atoms with Gasteiger partial charge in [-0.1, -0.05) is 0 Å². The van der Waals surface area contributed by atoms with Crippen LogP contribution in [0.25, 0.3) is 11.2 Å². The van der Waals surface area contributed by atoms with E-state index in [2.05, 4.69) is 9.97 Å². The molecule has 2 heterocycles. The van der Waals surface area contributed by atoms with Gasteiger partial charge in [0.2, 0.25) is 0 Å². The second-order valence-corrected chi connectivity index (χ2v) is 2.37. The highest BCUT2D eigenvalue weighted by Crippen LogP contribution is 1.92. The lowest BCUT2D eigenvalue weighted by molar-refractivity contribution is 0.182. The zero-order chi connectivity index (χ0) is 9.59. The molecule has 0 amide bonds. The number of hydrogen-bond donors (Lipinski definition) is 4. The van der Waals surface area contributed by atoms with Gasteiger partial charge in [0.25, 0.3) is 5.56 Å². The fourth-order valence-electron chi connectivity index (χ4n) is 1.01. The van der Waals surface area contributed by atoms with Crippen LogP contribution in [-0.4, -0.2) is 24.9 Å². The summed E-state index contributed by atoms with van der Waals surface area (Å²) in [6.07, 6.45) is 0. The third-order valence-corrected chi connectivity index (χ3v) is 1.56. The number of fused-ring (bicyclic) bond motifs is 1. The van der Waals surface area contributed by atoms with Crippen molar-refractivity contribution < 1.29 is 5.21 Å². The first-order chi connectivity index (χ1) is 6.09. The largest absolute Gasteiger partial charge is 0.422 e. The summed E-state index contributed by atoms with van der Waals surface area (Å²) in [7, 11) is 0. The lowest BCUT2D eigenvalue weighted by atomic mass is 10.5. The smallest absolute Gasteiger partial charge is 0.363 e. The molecule has 0 aromatic carbocycles. The first kappa shape index (κ1) is 7.40. The molecule has 0 aliphatic carbocycles. The first-order valence-corrected chi connectivity index (χ1v) is 3.26. The van der Waals surface area contributed by atoms with Gasteiger partial charge in [-0.2, -0.15) is 0 Å². The third kappa shape index (κ3) is 0.883. The number of rotatable bonds is 0. The van der Waals surface area contributed by atoms with E-state index in [0.29, 0.717) is 0 Å². The van der Waals surface area contributed by atoms with E-state index in [9.17, 15) is 14.4 Å². The molecule has 0 fully saturated rings. The van der Waals surface area contributed by atoms with Crippen molar-refractivity contribution in [2.24, 2.45) is 0 Å². The van der Waals surface area contributed by atoms with Crippen LogP contribution in [0.4, 0.5) is 0 Å². The van der Waals surface area contributed by atoms with E-state index in [1.807, 2.05) is 0 Å². The molecule has 0 spiro atoms. The van der Waals surface area contributed by atoms with Crippen molar-refractivity contribution in [3.63, 3.8) is 0 Å². The van der Waals surface area contributed by atoms with Crippen LogP contribution in [0.15, 0.2) is 14.4 Å². The Kier molecular flexibility index (Phi) is 1.21. The molecule has 0 unspecified atom stereocenters. The molecule has 0 saturated heterocycles. The minimum atomic E-state index is -1.01. The fraction of sp³-hybridized carbons (Fsp3) is 0. The first-order valence-electron chi connectivity index (χ1n) is 3.26. The highest BCUT2D eigenvalue weighted by atomic mass is 16.5. The molecule has 0 atom stereocenters. The molecule has 13 heavy (non-hydrogen) atoms. The lowest BCUT2D eigenvalue weighted by Gasteiger charge is -1.93. The second kappa shape index (κ2) is 2.12. The summed E-state index contributed by atoms with van der Waals surface area (Å²) in [6.45, 7) is 0. The number of nitrogens with zero attached hydrogens (tertiary/aromatic N) is 1. The molecule has 2 aromatic heterocycles. The van der Waals surface area contributed by atoms with E-state index in [0.717, 1.165) is 0 Å². The van der Waals surface area contributed by atoms with Crippen LogP contribution in [0.3, 0.4) is 0 Å². The van der Waals surface area contributed by atoms with E-state index >= 15 is 0 Å². The van der Waals surface area contributed by atoms with Gasteiger partial charge in [-0.05, 0) is 0 Å². The molecule has 0 saturated carbocycles. The number of nitrogens with one attached hydrogen (secondary N) is 3. The van der Waals surface area contributed by atoms with Crippen molar-refractivity contribution in [2.75, 3.05) is 0 Å². The minimum absolute atomic E-state index is 0.147. The molecule has 2 aromatic rings. The van der Waals surface area contributed by atoms with Gasteiger partial charge in [-0.3, -0.25) is 19.7 Å². The number of H-pyrrole nitrogens is 3. The van der Waals surface area contributed by atoms with Crippen LogP contribution in [0.1, 0.15) is 0 Å². The highest BCUT2D eigenvalue weighted by molar-refractivity contribution is 5.67. The maximum absolute atomic E-state index is 11.0. The summed E-state index contributed by atoms with van der Waals surface area (Å²) in [4.78, 5) is 38.5. The summed E-state index contributed by atoms with van der Waals surface area (Å²) in [6, 6.07) is 0. The SMILES string of the molecule is O=c1[nH]c2c(=O)[nH]c(=O)n(O)c2[nH]1. The van der Waals surface area contributed by atoms with Gasteiger partial charge >= 0.3 is 11.4 Å². The Morgan fingerprint density at radius 1 is 1.08 bits per heavy atom. The monoisotopic (exact) mass is 184 g/mol. The number of aromatic nitrogens is 4.